The summed E-state index contributed by atoms with van der Waals surface area (Å²) < 4.78 is 23.7. The van der Waals surface area contributed by atoms with Gasteiger partial charge >= 0.3 is 5.97 Å². The van der Waals surface area contributed by atoms with Crippen LogP contribution in [-0.2, 0) is 4.74 Å². The minimum atomic E-state index is -0.554. The third-order valence-corrected chi connectivity index (χ3v) is 3.10. The Labute approximate surface area is 116 Å². The van der Waals surface area contributed by atoms with E-state index in [2.05, 4.69) is 4.98 Å². The number of benzene rings is 1. The van der Waals surface area contributed by atoms with Crippen LogP contribution in [0.15, 0.2) is 29.0 Å². The van der Waals surface area contributed by atoms with Crippen molar-refractivity contribution >= 4 is 28.6 Å². The van der Waals surface area contributed by atoms with E-state index in [4.69, 9.17) is 9.15 Å². The van der Waals surface area contributed by atoms with Gasteiger partial charge in [0.25, 0.3) is 0 Å². The summed E-state index contributed by atoms with van der Waals surface area (Å²) in [5.74, 6) is -0.612. The molecule has 4 nitrogen and oxygen atoms in total. The molecule has 94 valence electrons. The Balaban J connectivity index is 2.45. The lowest BCUT2D eigenvalue weighted by molar-refractivity contribution is 0.0520. The average molecular weight is 361 g/mol. The number of esters is 1. The molecule has 0 fully saturated rings. The molecule has 0 bridgehead atoms. The molecule has 0 radical (unpaired) electrons. The molecule has 0 atom stereocenters. The Hall–Kier alpha value is -1.44. The van der Waals surface area contributed by atoms with Gasteiger partial charge in [-0.3, -0.25) is 0 Å². The van der Waals surface area contributed by atoms with Crippen LogP contribution in [-0.4, -0.2) is 17.6 Å². The summed E-state index contributed by atoms with van der Waals surface area (Å²) in [5, 5.41) is 0. The predicted molar refractivity (Wildman–Crippen MR) is 70.6 cm³/mol. The van der Waals surface area contributed by atoms with Crippen molar-refractivity contribution in [3.8, 4) is 11.3 Å². The third-order valence-electron chi connectivity index (χ3n) is 2.21. The first kappa shape index (κ1) is 13.0. The molecule has 0 aliphatic heterocycles. The van der Waals surface area contributed by atoms with E-state index in [-0.39, 0.29) is 23.9 Å². The number of hydrogen-bond donors (Lipinski definition) is 0. The van der Waals surface area contributed by atoms with Gasteiger partial charge in [-0.05, 0) is 47.7 Å². The fourth-order valence-corrected chi connectivity index (χ4v) is 2.18. The minimum Gasteiger partial charge on any atom is -0.461 e. The van der Waals surface area contributed by atoms with Crippen LogP contribution in [0.4, 0.5) is 4.39 Å². The molecule has 1 heterocycles. The maximum Gasteiger partial charge on any atom is 0.360 e. The Morgan fingerprint density at radius 1 is 1.56 bits per heavy atom. The van der Waals surface area contributed by atoms with Crippen LogP contribution in [0, 0.1) is 9.39 Å². The minimum absolute atomic E-state index is 0.0985. The summed E-state index contributed by atoms with van der Waals surface area (Å²) >= 11 is 1.97. The molecule has 0 unspecified atom stereocenters. The van der Waals surface area contributed by atoms with Crippen molar-refractivity contribution in [3.63, 3.8) is 0 Å². The summed E-state index contributed by atoms with van der Waals surface area (Å²) in [4.78, 5) is 15.5. The van der Waals surface area contributed by atoms with Gasteiger partial charge < -0.3 is 9.15 Å². The quantitative estimate of drug-likeness (QED) is 0.622. The van der Waals surface area contributed by atoms with Crippen molar-refractivity contribution in [2.45, 2.75) is 6.92 Å². The maximum atomic E-state index is 13.0. The van der Waals surface area contributed by atoms with Gasteiger partial charge in [-0.15, -0.1) is 0 Å². The molecular formula is C12H9FINO3. The molecule has 18 heavy (non-hydrogen) atoms. The lowest BCUT2D eigenvalue weighted by Gasteiger charge is -2.03. The van der Waals surface area contributed by atoms with Crippen LogP contribution in [0.3, 0.4) is 0 Å². The molecule has 0 aliphatic carbocycles. The molecule has 2 rings (SSSR count). The number of aromatic nitrogens is 1. The highest BCUT2D eigenvalue weighted by Gasteiger charge is 2.21. The smallest absolute Gasteiger partial charge is 0.360 e. The van der Waals surface area contributed by atoms with Crippen molar-refractivity contribution in [1.82, 2.24) is 4.98 Å². The van der Waals surface area contributed by atoms with Gasteiger partial charge in [-0.1, -0.05) is 0 Å². The lowest BCUT2D eigenvalue weighted by atomic mass is 10.1. The molecular weight excluding hydrogens is 352 g/mol. The van der Waals surface area contributed by atoms with E-state index in [0.717, 1.165) is 0 Å². The summed E-state index contributed by atoms with van der Waals surface area (Å²) in [7, 11) is 0. The van der Waals surface area contributed by atoms with Crippen molar-refractivity contribution in [2.24, 2.45) is 0 Å². The fraction of sp³-hybridized carbons (Fsp3) is 0.167. The second-order valence-corrected chi connectivity index (χ2v) is 4.54. The Bertz CT molecular complexity index is 582. The Morgan fingerprint density at radius 2 is 2.33 bits per heavy atom. The molecule has 1 aromatic heterocycles. The molecule has 0 saturated heterocycles. The van der Waals surface area contributed by atoms with Crippen molar-refractivity contribution < 1.29 is 18.3 Å². The zero-order chi connectivity index (χ0) is 13.1. The summed E-state index contributed by atoms with van der Waals surface area (Å²) in [6.07, 6.45) is 1.17. The van der Waals surface area contributed by atoms with Crippen LogP contribution in [0.25, 0.3) is 11.3 Å². The summed E-state index contributed by atoms with van der Waals surface area (Å²) in [6.45, 7) is 1.96. The average Bonchev–Trinajstić information content (AvgIpc) is 2.78. The highest BCUT2D eigenvalue weighted by Crippen LogP contribution is 2.28. The molecule has 2 aromatic rings. The van der Waals surface area contributed by atoms with E-state index >= 15 is 0 Å². The summed E-state index contributed by atoms with van der Waals surface area (Å²) in [5.41, 5.74) is 0.707. The predicted octanol–water partition coefficient (Wildman–Crippen LogP) is 3.26. The Morgan fingerprint density at radius 3 is 3.00 bits per heavy atom. The number of hydrogen-bond acceptors (Lipinski definition) is 4. The van der Waals surface area contributed by atoms with Crippen LogP contribution in [0.1, 0.15) is 17.4 Å². The van der Waals surface area contributed by atoms with Crippen LogP contribution < -0.4 is 0 Å². The maximum absolute atomic E-state index is 13.0. The molecule has 0 saturated carbocycles. The number of carbonyl (C=O) groups excluding carboxylic acids is 1. The normalized spacial score (nSPS) is 10.4. The SMILES string of the molecule is CCOC(=O)c1ncoc1-c1ccc(F)cc1I. The zero-order valence-electron chi connectivity index (χ0n) is 9.44. The van der Waals surface area contributed by atoms with Crippen LogP contribution in [0.5, 0.6) is 0 Å². The molecule has 0 spiro atoms. The van der Waals surface area contributed by atoms with E-state index < -0.39 is 5.97 Å². The fourth-order valence-electron chi connectivity index (χ4n) is 1.46. The van der Waals surface area contributed by atoms with E-state index in [9.17, 15) is 9.18 Å². The van der Waals surface area contributed by atoms with E-state index in [1.165, 1.54) is 18.5 Å². The molecule has 1 aromatic carbocycles. The number of rotatable bonds is 3. The monoisotopic (exact) mass is 361 g/mol. The topological polar surface area (TPSA) is 52.3 Å². The highest BCUT2D eigenvalue weighted by atomic mass is 127. The van der Waals surface area contributed by atoms with E-state index in [0.29, 0.717) is 9.13 Å². The molecule has 0 amide bonds. The van der Waals surface area contributed by atoms with Crippen molar-refractivity contribution in [2.75, 3.05) is 6.61 Å². The standard InChI is InChI=1S/C12H9FINO3/c1-2-17-12(16)10-11(18-6-15-10)8-4-3-7(13)5-9(8)14/h3-6H,2H2,1H3. The first-order chi connectivity index (χ1) is 8.63. The number of oxazole rings is 1. The first-order valence-corrected chi connectivity index (χ1v) is 6.27. The highest BCUT2D eigenvalue weighted by molar-refractivity contribution is 14.1. The second kappa shape index (κ2) is 5.47. The van der Waals surface area contributed by atoms with Crippen LogP contribution in [0.2, 0.25) is 0 Å². The zero-order valence-corrected chi connectivity index (χ0v) is 11.6. The molecule has 0 aliphatic rings. The molecule has 0 N–H and O–H groups in total. The van der Waals surface area contributed by atoms with E-state index in [1.54, 1.807) is 13.0 Å². The van der Waals surface area contributed by atoms with Gasteiger partial charge in [-0.25, -0.2) is 14.2 Å². The van der Waals surface area contributed by atoms with Gasteiger partial charge in [-0.2, -0.15) is 0 Å². The summed E-state index contributed by atoms with van der Waals surface area (Å²) in [6, 6.07) is 4.20. The first-order valence-electron chi connectivity index (χ1n) is 5.19. The lowest BCUT2D eigenvalue weighted by Crippen LogP contribution is -2.06. The third kappa shape index (κ3) is 2.53. The van der Waals surface area contributed by atoms with Crippen LogP contribution >= 0.6 is 22.6 Å². The van der Waals surface area contributed by atoms with Gasteiger partial charge in [0.05, 0.1) is 6.61 Å². The van der Waals surface area contributed by atoms with Gasteiger partial charge in [0.2, 0.25) is 0 Å². The largest absolute Gasteiger partial charge is 0.461 e. The Kier molecular flexibility index (Phi) is 3.95. The van der Waals surface area contributed by atoms with Gasteiger partial charge in [0.1, 0.15) is 5.82 Å². The van der Waals surface area contributed by atoms with Gasteiger partial charge in [0.15, 0.2) is 17.8 Å². The number of carbonyl (C=O) groups is 1. The number of nitrogens with zero attached hydrogens (tertiary/aromatic N) is 1. The number of halogens is 2. The van der Waals surface area contributed by atoms with Crippen molar-refractivity contribution in [1.29, 1.82) is 0 Å². The molecule has 6 heteroatoms. The van der Waals surface area contributed by atoms with Gasteiger partial charge in [0, 0.05) is 9.13 Å². The second-order valence-electron chi connectivity index (χ2n) is 3.37. The number of ether oxygens (including phenoxy) is 1. The van der Waals surface area contributed by atoms with E-state index in [1.807, 2.05) is 22.6 Å². The van der Waals surface area contributed by atoms with Crippen molar-refractivity contribution in [3.05, 3.63) is 39.7 Å².